The molecule has 0 spiro atoms. The molecular formula is C14H13NO2S. The van der Waals surface area contributed by atoms with Gasteiger partial charge in [0.1, 0.15) is 5.76 Å². The van der Waals surface area contributed by atoms with Gasteiger partial charge < -0.3 is 10.1 Å². The van der Waals surface area contributed by atoms with Crippen LogP contribution in [-0.2, 0) is 9.53 Å². The maximum atomic E-state index is 12.1. The van der Waals surface area contributed by atoms with Gasteiger partial charge in [0.05, 0.1) is 22.6 Å². The van der Waals surface area contributed by atoms with Gasteiger partial charge in [-0.3, -0.25) is 4.79 Å². The minimum atomic E-state index is -0.161. The molecule has 2 aliphatic rings. The van der Waals surface area contributed by atoms with E-state index in [1.807, 2.05) is 37.3 Å². The van der Waals surface area contributed by atoms with Crippen LogP contribution in [0.3, 0.4) is 0 Å². The van der Waals surface area contributed by atoms with Gasteiger partial charge in [0.2, 0.25) is 0 Å². The van der Waals surface area contributed by atoms with Crippen LogP contribution in [0.15, 0.2) is 36.1 Å². The van der Waals surface area contributed by atoms with Crippen molar-refractivity contribution in [2.24, 2.45) is 5.92 Å². The molecule has 1 saturated heterocycles. The summed E-state index contributed by atoms with van der Waals surface area (Å²) >= 11 is 5.23. The number of fused-ring (bicyclic) bond motifs is 1. The zero-order valence-corrected chi connectivity index (χ0v) is 10.8. The van der Waals surface area contributed by atoms with Crippen LogP contribution in [0.25, 0.3) is 5.57 Å². The average Bonchev–Trinajstić information content (AvgIpc) is 2.72. The third-order valence-corrected chi connectivity index (χ3v) is 3.69. The predicted octanol–water partition coefficient (Wildman–Crippen LogP) is 2.28. The van der Waals surface area contributed by atoms with E-state index in [0.29, 0.717) is 10.6 Å². The number of carbonyl (C=O) groups is 1. The molecule has 0 saturated carbocycles. The van der Waals surface area contributed by atoms with Gasteiger partial charge in [0.15, 0.2) is 0 Å². The number of ether oxygens (including phenoxy) is 1. The van der Waals surface area contributed by atoms with E-state index in [1.54, 1.807) is 0 Å². The molecule has 1 fully saturated rings. The van der Waals surface area contributed by atoms with E-state index in [-0.39, 0.29) is 17.9 Å². The van der Waals surface area contributed by atoms with Crippen LogP contribution < -0.4 is 5.32 Å². The summed E-state index contributed by atoms with van der Waals surface area (Å²) in [5.74, 6) is 0.622. The van der Waals surface area contributed by atoms with Gasteiger partial charge in [-0.2, -0.15) is 0 Å². The summed E-state index contributed by atoms with van der Waals surface area (Å²) < 4.78 is 5.80. The topological polar surface area (TPSA) is 38.3 Å². The van der Waals surface area contributed by atoms with E-state index in [4.69, 9.17) is 17.0 Å². The van der Waals surface area contributed by atoms with E-state index in [9.17, 15) is 4.79 Å². The Morgan fingerprint density at radius 2 is 2.06 bits per heavy atom. The SMILES string of the molecule is C[C@H]1C[C@H]2C(=S)NC(=O)C(c3ccccc3)=C2O1. The molecule has 3 rings (SSSR count). The molecule has 1 aromatic rings. The van der Waals surface area contributed by atoms with Crippen LogP contribution >= 0.6 is 12.2 Å². The first-order chi connectivity index (χ1) is 8.66. The molecule has 1 aromatic carbocycles. The second-order valence-corrected chi connectivity index (χ2v) is 5.08. The fourth-order valence-electron chi connectivity index (χ4n) is 2.50. The first-order valence-corrected chi connectivity index (χ1v) is 6.39. The first kappa shape index (κ1) is 11.4. The van der Waals surface area contributed by atoms with Crippen LogP contribution in [0, 0.1) is 5.92 Å². The standard InChI is InChI=1S/C14H13NO2S/c1-8-7-10-12(17-8)11(13(16)15-14(10)18)9-5-3-2-4-6-9/h2-6,8,10H,7H2,1H3,(H,15,16,18)/t8-,10+/m0/s1. The molecule has 0 aromatic heterocycles. The van der Waals surface area contributed by atoms with Gasteiger partial charge in [-0.1, -0.05) is 42.5 Å². The molecular weight excluding hydrogens is 246 g/mol. The lowest BCUT2D eigenvalue weighted by Gasteiger charge is -2.22. The van der Waals surface area contributed by atoms with Gasteiger partial charge in [-0.15, -0.1) is 0 Å². The number of nitrogens with one attached hydrogen (secondary N) is 1. The summed E-state index contributed by atoms with van der Waals surface area (Å²) in [5.41, 5.74) is 1.50. The minimum Gasteiger partial charge on any atom is -0.493 e. The number of amides is 1. The quantitative estimate of drug-likeness (QED) is 0.786. The van der Waals surface area contributed by atoms with Crippen LogP contribution in [0.5, 0.6) is 0 Å². The summed E-state index contributed by atoms with van der Waals surface area (Å²) in [6, 6.07) is 9.59. The number of benzene rings is 1. The maximum Gasteiger partial charge on any atom is 0.260 e. The van der Waals surface area contributed by atoms with Gasteiger partial charge in [-0.05, 0) is 12.5 Å². The smallest absolute Gasteiger partial charge is 0.260 e. The van der Waals surface area contributed by atoms with Gasteiger partial charge >= 0.3 is 0 Å². The Bertz CT molecular complexity index is 550. The molecule has 3 nitrogen and oxygen atoms in total. The van der Waals surface area contributed by atoms with Crippen molar-refractivity contribution in [2.75, 3.05) is 0 Å². The summed E-state index contributed by atoms with van der Waals surface area (Å²) in [6.45, 7) is 2.00. The van der Waals surface area contributed by atoms with E-state index >= 15 is 0 Å². The molecule has 2 heterocycles. The number of carbonyl (C=O) groups excluding carboxylic acids is 1. The van der Waals surface area contributed by atoms with Crippen LogP contribution in [0.2, 0.25) is 0 Å². The Morgan fingerprint density at radius 1 is 1.33 bits per heavy atom. The molecule has 1 N–H and O–H groups in total. The minimum absolute atomic E-state index is 0.0444. The predicted molar refractivity (Wildman–Crippen MR) is 72.8 cm³/mol. The van der Waals surface area contributed by atoms with Crippen molar-refractivity contribution in [1.29, 1.82) is 0 Å². The van der Waals surface area contributed by atoms with Gasteiger partial charge in [-0.25, -0.2) is 0 Å². The summed E-state index contributed by atoms with van der Waals surface area (Å²) in [7, 11) is 0. The third kappa shape index (κ3) is 1.73. The van der Waals surface area contributed by atoms with Crippen molar-refractivity contribution >= 4 is 28.7 Å². The molecule has 1 amide bonds. The van der Waals surface area contributed by atoms with Gasteiger partial charge in [0, 0.05) is 6.42 Å². The lowest BCUT2D eigenvalue weighted by molar-refractivity contribution is -0.114. The number of thiocarbonyl (C=S) groups is 1. The van der Waals surface area contributed by atoms with E-state index < -0.39 is 0 Å². The lowest BCUT2D eigenvalue weighted by atomic mass is 9.92. The molecule has 0 unspecified atom stereocenters. The van der Waals surface area contributed by atoms with Crippen LogP contribution in [0.1, 0.15) is 18.9 Å². The van der Waals surface area contributed by atoms with E-state index in [1.165, 1.54) is 0 Å². The molecule has 92 valence electrons. The number of hydrogen-bond donors (Lipinski definition) is 1. The molecule has 4 heteroatoms. The van der Waals surface area contributed by atoms with Crippen molar-refractivity contribution in [3.8, 4) is 0 Å². The molecule has 18 heavy (non-hydrogen) atoms. The van der Waals surface area contributed by atoms with E-state index in [0.717, 1.165) is 17.7 Å². The van der Waals surface area contributed by atoms with Crippen molar-refractivity contribution in [3.05, 3.63) is 41.7 Å². The fourth-order valence-corrected chi connectivity index (χ4v) is 2.79. The highest BCUT2D eigenvalue weighted by molar-refractivity contribution is 7.80. The average molecular weight is 259 g/mol. The second-order valence-electron chi connectivity index (χ2n) is 4.64. The van der Waals surface area contributed by atoms with Crippen molar-refractivity contribution in [3.63, 3.8) is 0 Å². The summed E-state index contributed by atoms with van der Waals surface area (Å²) in [5, 5.41) is 2.77. The normalized spacial score (nSPS) is 26.7. The zero-order valence-electron chi connectivity index (χ0n) is 9.97. The Labute approximate surface area is 111 Å². The van der Waals surface area contributed by atoms with Gasteiger partial charge in [0.25, 0.3) is 5.91 Å². The zero-order chi connectivity index (χ0) is 12.7. The van der Waals surface area contributed by atoms with E-state index in [2.05, 4.69) is 5.32 Å². The third-order valence-electron chi connectivity index (χ3n) is 3.30. The summed E-state index contributed by atoms with van der Waals surface area (Å²) in [4.78, 5) is 12.7. The molecule has 2 atom stereocenters. The number of hydrogen-bond acceptors (Lipinski definition) is 3. The Morgan fingerprint density at radius 3 is 2.78 bits per heavy atom. The first-order valence-electron chi connectivity index (χ1n) is 5.98. The molecule has 0 bridgehead atoms. The lowest BCUT2D eigenvalue weighted by Crippen LogP contribution is -2.39. The highest BCUT2D eigenvalue weighted by Crippen LogP contribution is 2.38. The summed E-state index contributed by atoms with van der Waals surface area (Å²) in [6.07, 6.45) is 0.944. The number of rotatable bonds is 1. The highest BCUT2D eigenvalue weighted by Gasteiger charge is 2.40. The molecule has 0 aliphatic carbocycles. The fraction of sp³-hybridized carbons (Fsp3) is 0.286. The van der Waals surface area contributed by atoms with Crippen LogP contribution in [-0.4, -0.2) is 17.0 Å². The monoisotopic (exact) mass is 259 g/mol. The maximum absolute atomic E-state index is 12.1. The molecule has 0 radical (unpaired) electrons. The van der Waals surface area contributed by atoms with Crippen molar-refractivity contribution < 1.29 is 9.53 Å². The van der Waals surface area contributed by atoms with Crippen molar-refractivity contribution in [2.45, 2.75) is 19.4 Å². The Kier molecular flexibility index (Phi) is 2.67. The Hall–Kier alpha value is -1.68. The second kappa shape index (κ2) is 4.21. The molecule has 2 aliphatic heterocycles. The Balaban J connectivity index is 2.15. The highest BCUT2D eigenvalue weighted by atomic mass is 32.1. The van der Waals surface area contributed by atoms with Crippen LogP contribution in [0.4, 0.5) is 0 Å². The largest absolute Gasteiger partial charge is 0.493 e. The van der Waals surface area contributed by atoms with Crippen molar-refractivity contribution in [1.82, 2.24) is 5.32 Å².